The summed E-state index contributed by atoms with van der Waals surface area (Å²) >= 11 is 1.88. The topological polar surface area (TPSA) is 43.6 Å². The summed E-state index contributed by atoms with van der Waals surface area (Å²) in [5.74, 6) is 1.96. The summed E-state index contributed by atoms with van der Waals surface area (Å²) < 4.78 is 5.05. The number of nitrogens with zero attached hydrogens (tertiary/aromatic N) is 4. The third kappa shape index (κ3) is 4.18. The monoisotopic (exact) mass is 630 g/mol. The highest BCUT2D eigenvalue weighted by Gasteiger charge is 2.18. The molecule has 48 heavy (non-hydrogen) atoms. The fourth-order valence-corrected chi connectivity index (χ4v) is 8.26. The summed E-state index contributed by atoms with van der Waals surface area (Å²) in [4.78, 5) is 14.7. The Morgan fingerprint density at radius 2 is 0.896 bits per heavy atom. The fourth-order valence-electron chi connectivity index (χ4n) is 7.03. The second kappa shape index (κ2) is 10.7. The largest absolute Gasteiger partial charge is 0.309 e. The van der Waals surface area contributed by atoms with Crippen LogP contribution in [0.15, 0.2) is 158 Å². The van der Waals surface area contributed by atoms with Gasteiger partial charge in [0, 0.05) is 58.7 Å². The molecule has 0 fully saturated rings. The van der Waals surface area contributed by atoms with Crippen LogP contribution >= 0.6 is 11.3 Å². The first-order valence-electron chi connectivity index (χ1n) is 16.0. The van der Waals surface area contributed by atoms with Crippen molar-refractivity contribution in [2.45, 2.75) is 0 Å². The van der Waals surface area contributed by atoms with Gasteiger partial charge in [0.25, 0.3) is 0 Å². The number of benzene rings is 7. The van der Waals surface area contributed by atoms with E-state index in [0.29, 0.717) is 17.5 Å². The van der Waals surface area contributed by atoms with Crippen LogP contribution in [0.4, 0.5) is 0 Å². The van der Waals surface area contributed by atoms with Crippen molar-refractivity contribution in [3.05, 3.63) is 158 Å². The molecule has 0 aliphatic carbocycles. The Balaban J connectivity index is 1.14. The van der Waals surface area contributed by atoms with Gasteiger partial charge in [0.2, 0.25) is 0 Å². The maximum absolute atomic E-state index is 4.94. The van der Waals surface area contributed by atoms with Crippen LogP contribution < -0.4 is 0 Å². The lowest BCUT2D eigenvalue weighted by Crippen LogP contribution is -2.00. The lowest BCUT2D eigenvalue weighted by Gasteiger charge is -2.11. The van der Waals surface area contributed by atoms with Crippen molar-refractivity contribution in [3.8, 4) is 39.9 Å². The Morgan fingerprint density at radius 1 is 0.375 bits per heavy atom. The predicted molar refractivity (Wildman–Crippen MR) is 201 cm³/mol. The molecule has 0 spiro atoms. The van der Waals surface area contributed by atoms with Gasteiger partial charge in [-0.2, -0.15) is 0 Å². The highest BCUT2D eigenvalue weighted by Crippen LogP contribution is 2.43. The molecule has 224 valence electrons. The molecule has 10 rings (SSSR count). The number of hydrogen-bond acceptors (Lipinski definition) is 4. The van der Waals surface area contributed by atoms with Crippen LogP contribution in [0.25, 0.3) is 92.6 Å². The maximum atomic E-state index is 4.94. The normalized spacial score (nSPS) is 11.8. The Kier molecular flexibility index (Phi) is 6.01. The lowest BCUT2D eigenvalue weighted by molar-refractivity contribution is 1.07. The van der Waals surface area contributed by atoms with E-state index in [2.05, 4.69) is 102 Å². The van der Waals surface area contributed by atoms with Gasteiger partial charge in [0.1, 0.15) is 0 Å². The zero-order valence-electron chi connectivity index (χ0n) is 25.7. The van der Waals surface area contributed by atoms with Crippen LogP contribution in [0.5, 0.6) is 0 Å². The molecule has 0 saturated heterocycles. The van der Waals surface area contributed by atoms with E-state index >= 15 is 0 Å². The molecular formula is C43H26N4S. The van der Waals surface area contributed by atoms with E-state index in [1.165, 1.54) is 52.8 Å². The first-order chi connectivity index (χ1) is 23.8. The van der Waals surface area contributed by atoms with E-state index in [-0.39, 0.29) is 0 Å². The number of aromatic nitrogens is 4. The average Bonchev–Trinajstić information content (AvgIpc) is 3.72. The molecular weight excluding hydrogens is 605 g/mol. The van der Waals surface area contributed by atoms with Crippen molar-refractivity contribution in [3.63, 3.8) is 0 Å². The van der Waals surface area contributed by atoms with Gasteiger partial charge in [0.15, 0.2) is 17.5 Å². The van der Waals surface area contributed by atoms with Gasteiger partial charge in [-0.1, -0.05) is 115 Å². The minimum atomic E-state index is 0.648. The quantitative estimate of drug-likeness (QED) is 0.194. The van der Waals surface area contributed by atoms with Crippen LogP contribution in [0.1, 0.15) is 0 Å². The van der Waals surface area contributed by atoms with Crippen LogP contribution in [-0.4, -0.2) is 19.5 Å². The first-order valence-corrected chi connectivity index (χ1v) is 16.9. The molecule has 7 aromatic carbocycles. The Morgan fingerprint density at radius 3 is 1.58 bits per heavy atom. The highest BCUT2D eigenvalue weighted by atomic mass is 32.1. The van der Waals surface area contributed by atoms with Gasteiger partial charge in [-0.05, 0) is 47.9 Å². The second-order valence-electron chi connectivity index (χ2n) is 12.0. The maximum Gasteiger partial charge on any atom is 0.164 e. The molecule has 3 heterocycles. The van der Waals surface area contributed by atoms with Gasteiger partial charge in [-0.3, -0.25) is 0 Å². The fraction of sp³-hybridized carbons (Fsp3) is 0. The van der Waals surface area contributed by atoms with Crippen molar-refractivity contribution in [2.24, 2.45) is 0 Å². The van der Waals surface area contributed by atoms with Crippen LogP contribution in [0, 0.1) is 0 Å². The van der Waals surface area contributed by atoms with Crippen LogP contribution in [0.3, 0.4) is 0 Å². The van der Waals surface area contributed by atoms with Crippen molar-refractivity contribution >= 4 is 64.1 Å². The number of fused-ring (bicyclic) bond motifs is 9. The van der Waals surface area contributed by atoms with Crippen LogP contribution in [0.2, 0.25) is 0 Å². The summed E-state index contributed by atoms with van der Waals surface area (Å²) in [6.45, 7) is 0. The molecule has 0 aliphatic rings. The zero-order valence-corrected chi connectivity index (χ0v) is 26.5. The Hall–Kier alpha value is -6.17. The molecule has 0 unspecified atom stereocenters. The molecule has 0 N–H and O–H groups in total. The third-order valence-corrected chi connectivity index (χ3v) is 10.5. The molecule has 10 aromatic rings. The van der Waals surface area contributed by atoms with E-state index in [9.17, 15) is 0 Å². The van der Waals surface area contributed by atoms with Gasteiger partial charge in [-0.15, -0.1) is 11.3 Å². The summed E-state index contributed by atoms with van der Waals surface area (Å²) in [7, 11) is 0. The number of thiophene rings is 1. The van der Waals surface area contributed by atoms with Gasteiger partial charge in [0.05, 0.1) is 11.0 Å². The third-order valence-electron chi connectivity index (χ3n) is 9.26. The standard InChI is InChI=1S/C43H26N4S/c1-3-11-27(12-4-1)41-44-42(28-13-5-2-6-14-28)46-43(45-41)29-19-21-30(22-20-29)47-36-17-9-7-16-35(36)39-32-23-24-33-31-15-8-10-18-38(31)48-40(33)34(32)25-26-37(39)47/h1-26H. The Labute approximate surface area is 280 Å². The zero-order chi connectivity index (χ0) is 31.6. The molecule has 0 radical (unpaired) electrons. The highest BCUT2D eigenvalue weighted by molar-refractivity contribution is 7.26. The smallest absolute Gasteiger partial charge is 0.164 e. The van der Waals surface area contributed by atoms with E-state index in [0.717, 1.165) is 22.4 Å². The van der Waals surface area contributed by atoms with Crippen molar-refractivity contribution in [2.75, 3.05) is 0 Å². The summed E-state index contributed by atoms with van der Waals surface area (Å²) in [6.07, 6.45) is 0. The lowest BCUT2D eigenvalue weighted by atomic mass is 10.0. The molecule has 4 nitrogen and oxygen atoms in total. The predicted octanol–water partition coefficient (Wildman–Crippen LogP) is 11.5. The van der Waals surface area contributed by atoms with Gasteiger partial charge >= 0.3 is 0 Å². The molecule has 3 aromatic heterocycles. The van der Waals surface area contributed by atoms with E-state index in [1.54, 1.807) is 0 Å². The summed E-state index contributed by atoms with van der Waals surface area (Å²) in [5, 5.41) is 7.77. The minimum absolute atomic E-state index is 0.648. The molecule has 5 heteroatoms. The number of rotatable bonds is 4. The second-order valence-corrected chi connectivity index (χ2v) is 13.1. The molecule has 0 aliphatic heterocycles. The number of para-hydroxylation sites is 1. The van der Waals surface area contributed by atoms with E-state index in [1.807, 2.05) is 72.0 Å². The SMILES string of the molecule is c1ccc(-c2nc(-c3ccccc3)nc(-c3ccc(-n4c5ccccc5c5c6ccc7c8ccccc8sc7c6ccc54)cc3)n2)cc1. The minimum Gasteiger partial charge on any atom is -0.309 e. The van der Waals surface area contributed by atoms with Crippen LogP contribution in [-0.2, 0) is 0 Å². The van der Waals surface area contributed by atoms with Crippen molar-refractivity contribution in [1.82, 2.24) is 19.5 Å². The molecule has 0 saturated carbocycles. The van der Waals surface area contributed by atoms with Crippen molar-refractivity contribution < 1.29 is 0 Å². The van der Waals surface area contributed by atoms with Gasteiger partial charge < -0.3 is 4.57 Å². The summed E-state index contributed by atoms with van der Waals surface area (Å²) in [6, 6.07) is 55.5. The molecule has 0 atom stereocenters. The molecule has 0 bridgehead atoms. The average molecular weight is 631 g/mol. The summed E-state index contributed by atoms with van der Waals surface area (Å²) in [5.41, 5.74) is 6.32. The Bertz CT molecular complexity index is 2760. The van der Waals surface area contributed by atoms with Gasteiger partial charge in [-0.25, -0.2) is 15.0 Å². The first kappa shape index (κ1) is 27.0. The number of hydrogen-bond donors (Lipinski definition) is 0. The van der Waals surface area contributed by atoms with E-state index < -0.39 is 0 Å². The molecule has 0 amide bonds. The van der Waals surface area contributed by atoms with E-state index in [4.69, 9.17) is 15.0 Å². The van der Waals surface area contributed by atoms with Crippen molar-refractivity contribution in [1.29, 1.82) is 0 Å².